The minimum atomic E-state index is 0.258. The number of nitrogens with zero attached hydrogens (tertiary/aromatic N) is 4. The lowest BCUT2D eigenvalue weighted by atomic mass is 9.81. The Labute approximate surface area is 205 Å². The van der Waals surface area contributed by atoms with Gasteiger partial charge in [0, 0.05) is 41.2 Å². The zero-order chi connectivity index (χ0) is 23.8. The summed E-state index contributed by atoms with van der Waals surface area (Å²) in [6.07, 6.45) is 4.08. The number of phenolic OH excluding ortho intramolecular Hbond substituents is 1. The van der Waals surface area contributed by atoms with E-state index in [1.54, 1.807) is 6.07 Å². The molecule has 1 atom stereocenters. The number of aromatic nitrogens is 3. The summed E-state index contributed by atoms with van der Waals surface area (Å²) in [4.78, 5) is 17.2. The SMILES string of the molecule is Cc1cc(CC2CCCc3c(-c4cccc(O)c4)nc(N4CCOCC4)nc32)c2ccccc2n1. The Bertz CT molecular complexity index is 1380. The first-order valence-corrected chi connectivity index (χ1v) is 12.5. The number of benzene rings is 2. The number of hydrogen-bond donors (Lipinski definition) is 1. The van der Waals surface area contributed by atoms with Crippen LogP contribution in [0.2, 0.25) is 0 Å². The lowest BCUT2D eigenvalue weighted by Gasteiger charge is -2.31. The average Bonchev–Trinajstić information content (AvgIpc) is 2.89. The monoisotopic (exact) mass is 466 g/mol. The Morgan fingerprint density at radius 2 is 1.86 bits per heavy atom. The molecule has 1 saturated heterocycles. The number of phenols is 1. The zero-order valence-electron chi connectivity index (χ0n) is 20.1. The molecule has 0 saturated carbocycles. The number of hydrogen-bond acceptors (Lipinski definition) is 6. The van der Waals surface area contributed by atoms with Crippen molar-refractivity contribution in [2.24, 2.45) is 0 Å². The van der Waals surface area contributed by atoms with Gasteiger partial charge in [0.25, 0.3) is 0 Å². The van der Waals surface area contributed by atoms with Gasteiger partial charge in [-0.05, 0) is 62.4 Å². The van der Waals surface area contributed by atoms with Crippen LogP contribution in [0.5, 0.6) is 5.75 Å². The van der Waals surface area contributed by atoms with Gasteiger partial charge in [-0.25, -0.2) is 9.97 Å². The third-order valence-corrected chi connectivity index (χ3v) is 7.20. The third kappa shape index (κ3) is 4.34. The van der Waals surface area contributed by atoms with Crippen molar-refractivity contribution in [2.45, 2.75) is 38.5 Å². The molecular formula is C29H30N4O2. The number of anilines is 1. The van der Waals surface area contributed by atoms with Crippen LogP contribution in [0, 0.1) is 6.92 Å². The van der Waals surface area contributed by atoms with E-state index in [0.717, 1.165) is 72.9 Å². The third-order valence-electron chi connectivity index (χ3n) is 7.20. The number of fused-ring (bicyclic) bond motifs is 2. The van der Waals surface area contributed by atoms with Gasteiger partial charge >= 0.3 is 0 Å². The molecule has 1 unspecified atom stereocenters. The quantitative estimate of drug-likeness (QED) is 0.445. The molecule has 2 aromatic carbocycles. The maximum absolute atomic E-state index is 10.2. The lowest BCUT2D eigenvalue weighted by Crippen LogP contribution is -2.38. The van der Waals surface area contributed by atoms with Crippen LogP contribution in [0.25, 0.3) is 22.2 Å². The molecule has 0 bridgehead atoms. The van der Waals surface area contributed by atoms with E-state index in [4.69, 9.17) is 19.7 Å². The molecule has 3 heterocycles. The molecule has 2 aliphatic rings. The van der Waals surface area contributed by atoms with Crippen molar-refractivity contribution in [3.63, 3.8) is 0 Å². The topological polar surface area (TPSA) is 71.4 Å². The van der Waals surface area contributed by atoms with Gasteiger partial charge in [-0.3, -0.25) is 4.98 Å². The summed E-state index contributed by atoms with van der Waals surface area (Å²) in [5.74, 6) is 1.34. The van der Waals surface area contributed by atoms with Crippen molar-refractivity contribution >= 4 is 16.9 Å². The molecular weight excluding hydrogens is 436 g/mol. The number of para-hydroxylation sites is 1. The molecule has 2 aromatic heterocycles. The minimum Gasteiger partial charge on any atom is -0.508 e. The number of morpholine rings is 1. The summed E-state index contributed by atoms with van der Waals surface area (Å²) >= 11 is 0. The van der Waals surface area contributed by atoms with E-state index in [1.807, 2.05) is 18.2 Å². The smallest absolute Gasteiger partial charge is 0.226 e. The van der Waals surface area contributed by atoms with Crippen LogP contribution < -0.4 is 4.90 Å². The Hall–Kier alpha value is -3.51. The molecule has 6 nitrogen and oxygen atoms in total. The van der Waals surface area contributed by atoms with Crippen molar-refractivity contribution < 1.29 is 9.84 Å². The molecule has 0 spiro atoms. The fourth-order valence-electron chi connectivity index (χ4n) is 5.56. The van der Waals surface area contributed by atoms with Crippen molar-refractivity contribution in [1.82, 2.24) is 15.0 Å². The van der Waals surface area contributed by atoms with Gasteiger partial charge in [-0.15, -0.1) is 0 Å². The molecule has 178 valence electrons. The fraction of sp³-hybridized carbons (Fsp3) is 0.345. The predicted molar refractivity (Wildman–Crippen MR) is 138 cm³/mol. The molecule has 0 amide bonds. The van der Waals surface area contributed by atoms with Gasteiger partial charge in [0.15, 0.2) is 0 Å². The summed E-state index contributed by atoms with van der Waals surface area (Å²) < 4.78 is 5.58. The van der Waals surface area contributed by atoms with E-state index >= 15 is 0 Å². The van der Waals surface area contributed by atoms with Gasteiger partial charge in [-0.2, -0.15) is 0 Å². The number of ether oxygens (including phenoxy) is 1. The first kappa shape index (κ1) is 22.0. The van der Waals surface area contributed by atoms with Crippen LogP contribution in [0.4, 0.5) is 5.95 Å². The predicted octanol–water partition coefficient (Wildman–Crippen LogP) is 5.21. The van der Waals surface area contributed by atoms with Gasteiger partial charge in [0.2, 0.25) is 5.95 Å². The number of rotatable bonds is 4. The van der Waals surface area contributed by atoms with E-state index in [2.05, 4.69) is 42.2 Å². The standard InChI is InChI=1S/C29H30N4O2/c1-19-16-22(24-9-2-3-11-26(24)30-19)17-20-7-5-10-25-27(20)31-29(33-12-14-35-15-13-33)32-28(25)21-6-4-8-23(34)18-21/h2-4,6,8-9,11,16,18,20,34H,5,7,10,12-15,17H2,1H3. The molecule has 1 fully saturated rings. The number of pyridine rings is 1. The molecule has 4 aromatic rings. The maximum Gasteiger partial charge on any atom is 0.226 e. The van der Waals surface area contributed by atoms with E-state index < -0.39 is 0 Å². The van der Waals surface area contributed by atoms with E-state index in [1.165, 1.54) is 16.5 Å². The fourth-order valence-corrected chi connectivity index (χ4v) is 5.56. The van der Waals surface area contributed by atoms with Gasteiger partial charge in [-0.1, -0.05) is 30.3 Å². The molecule has 0 radical (unpaired) electrons. The minimum absolute atomic E-state index is 0.258. The van der Waals surface area contributed by atoms with Crippen molar-refractivity contribution in [2.75, 3.05) is 31.2 Å². The molecule has 1 N–H and O–H groups in total. The maximum atomic E-state index is 10.2. The second-order valence-corrected chi connectivity index (χ2v) is 9.62. The normalized spacial score (nSPS) is 18.0. The summed E-state index contributed by atoms with van der Waals surface area (Å²) in [7, 11) is 0. The molecule has 6 heteroatoms. The highest BCUT2D eigenvalue weighted by molar-refractivity contribution is 5.82. The highest BCUT2D eigenvalue weighted by Gasteiger charge is 2.29. The number of aryl methyl sites for hydroxylation is 1. The first-order chi connectivity index (χ1) is 17.2. The summed E-state index contributed by atoms with van der Waals surface area (Å²) in [6, 6.07) is 18.1. The lowest BCUT2D eigenvalue weighted by molar-refractivity contribution is 0.122. The highest BCUT2D eigenvalue weighted by atomic mass is 16.5. The van der Waals surface area contributed by atoms with Gasteiger partial charge in [0.05, 0.1) is 30.1 Å². The summed E-state index contributed by atoms with van der Waals surface area (Å²) in [5.41, 5.74) is 7.71. The first-order valence-electron chi connectivity index (χ1n) is 12.5. The van der Waals surface area contributed by atoms with Gasteiger partial charge in [0.1, 0.15) is 5.75 Å². The number of aromatic hydroxyl groups is 1. The van der Waals surface area contributed by atoms with E-state index in [9.17, 15) is 5.11 Å². The highest BCUT2D eigenvalue weighted by Crippen LogP contribution is 2.40. The average molecular weight is 467 g/mol. The van der Waals surface area contributed by atoms with Crippen molar-refractivity contribution in [3.05, 3.63) is 77.1 Å². The van der Waals surface area contributed by atoms with Crippen LogP contribution in [0.3, 0.4) is 0 Å². The van der Waals surface area contributed by atoms with Crippen LogP contribution in [0.15, 0.2) is 54.6 Å². The Balaban J connectivity index is 1.47. The summed E-state index contributed by atoms with van der Waals surface area (Å²) in [5, 5.41) is 11.4. The van der Waals surface area contributed by atoms with Crippen LogP contribution >= 0.6 is 0 Å². The van der Waals surface area contributed by atoms with Crippen LogP contribution in [-0.2, 0) is 17.6 Å². The van der Waals surface area contributed by atoms with Crippen molar-refractivity contribution in [3.8, 4) is 17.0 Å². The molecule has 6 rings (SSSR count). The zero-order valence-corrected chi connectivity index (χ0v) is 20.1. The molecule has 35 heavy (non-hydrogen) atoms. The van der Waals surface area contributed by atoms with Crippen LogP contribution in [-0.4, -0.2) is 46.4 Å². The molecule has 1 aliphatic carbocycles. The summed E-state index contributed by atoms with van der Waals surface area (Å²) in [6.45, 7) is 5.03. The Kier molecular flexibility index (Phi) is 5.82. The van der Waals surface area contributed by atoms with E-state index in [-0.39, 0.29) is 5.75 Å². The van der Waals surface area contributed by atoms with Crippen molar-refractivity contribution in [1.29, 1.82) is 0 Å². The second-order valence-electron chi connectivity index (χ2n) is 9.62. The van der Waals surface area contributed by atoms with Crippen LogP contribution in [0.1, 0.15) is 41.3 Å². The second kappa shape index (κ2) is 9.27. The Morgan fingerprint density at radius 1 is 1.00 bits per heavy atom. The molecule has 1 aliphatic heterocycles. The largest absolute Gasteiger partial charge is 0.508 e. The Morgan fingerprint density at radius 3 is 2.71 bits per heavy atom. The van der Waals surface area contributed by atoms with Gasteiger partial charge < -0.3 is 14.7 Å². The van der Waals surface area contributed by atoms with E-state index in [0.29, 0.717) is 19.1 Å².